The number of esters is 3. The maximum absolute atomic E-state index is 13.4. The second-order valence-corrected chi connectivity index (χ2v) is 10.8. The fourth-order valence-electron chi connectivity index (χ4n) is 8.27. The standard InChI is InChI=1S/C20H24O11/c1-5-12(24)28-11-8(22)18-10-6(21)7(16(2,3)4)17(18)9(23)13(25)30-15(17)31-20(18,14(26)29-10)19(5,11)27/h5-11,15,21-23,27H,1-4H3/t5-,6-,7+,8+,9+,10-,11+,15+,17+,18-,19-,20+/m1/s1. The van der Waals surface area contributed by atoms with Crippen LogP contribution < -0.4 is 0 Å². The molecule has 170 valence electrons. The molecule has 11 heteroatoms. The van der Waals surface area contributed by atoms with Crippen LogP contribution in [-0.2, 0) is 33.3 Å². The van der Waals surface area contributed by atoms with Crippen molar-refractivity contribution in [3.63, 3.8) is 0 Å². The van der Waals surface area contributed by atoms with Gasteiger partial charge in [0.1, 0.15) is 12.2 Å². The molecular weight excluding hydrogens is 416 g/mol. The van der Waals surface area contributed by atoms with E-state index in [1.165, 1.54) is 6.92 Å². The Morgan fingerprint density at radius 1 is 0.935 bits per heavy atom. The number of ether oxygens (including phenoxy) is 4. The molecule has 2 aliphatic carbocycles. The Labute approximate surface area is 176 Å². The molecule has 4 aliphatic heterocycles. The van der Waals surface area contributed by atoms with Gasteiger partial charge in [-0.05, 0) is 12.3 Å². The van der Waals surface area contributed by atoms with Gasteiger partial charge >= 0.3 is 17.9 Å². The molecule has 4 N–H and O–H groups in total. The largest absolute Gasteiger partial charge is 0.456 e. The summed E-state index contributed by atoms with van der Waals surface area (Å²) in [7, 11) is 0. The molecule has 12 atom stereocenters. The van der Waals surface area contributed by atoms with Crippen LogP contribution in [0.3, 0.4) is 0 Å². The number of rotatable bonds is 0. The number of hydrogen-bond acceptors (Lipinski definition) is 11. The van der Waals surface area contributed by atoms with E-state index in [0.29, 0.717) is 0 Å². The summed E-state index contributed by atoms with van der Waals surface area (Å²) in [4.78, 5) is 38.3. The van der Waals surface area contributed by atoms with Gasteiger partial charge in [0.15, 0.2) is 17.8 Å². The van der Waals surface area contributed by atoms with Gasteiger partial charge in [0, 0.05) is 5.92 Å². The van der Waals surface area contributed by atoms with Crippen molar-refractivity contribution in [3.8, 4) is 0 Å². The smallest absolute Gasteiger partial charge is 0.343 e. The Morgan fingerprint density at radius 2 is 1.58 bits per heavy atom. The lowest BCUT2D eigenvalue weighted by Gasteiger charge is -2.47. The van der Waals surface area contributed by atoms with Gasteiger partial charge in [-0.2, -0.15) is 0 Å². The Balaban J connectivity index is 1.75. The average Bonchev–Trinajstić information content (AvgIpc) is 3.35. The van der Waals surface area contributed by atoms with Gasteiger partial charge in [-0.3, -0.25) is 4.79 Å². The molecule has 0 aromatic carbocycles. The zero-order valence-electron chi connectivity index (χ0n) is 17.3. The topological polar surface area (TPSA) is 169 Å². The maximum Gasteiger partial charge on any atom is 0.343 e. The molecular formula is C20H24O11. The monoisotopic (exact) mass is 440 g/mol. The van der Waals surface area contributed by atoms with E-state index < -0.39 is 94.0 Å². The van der Waals surface area contributed by atoms with Crippen LogP contribution in [0, 0.1) is 28.1 Å². The molecule has 0 bridgehead atoms. The lowest BCUT2D eigenvalue weighted by molar-refractivity contribution is -0.240. The second-order valence-electron chi connectivity index (χ2n) is 10.8. The number of carbonyl (C=O) groups excluding carboxylic acids is 3. The van der Waals surface area contributed by atoms with Gasteiger partial charge in [-0.25, -0.2) is 9.59 Å². The van der Waals surface area contributed by atoms with E-state index in [9.17, 15) is 34.8 Å². The Bertz CT molecular complexity index is 957. The summed E-state index contributed by atoms with van der Waals surface area (Å²) in [6.07, 6.45) is -9.69. The van der Waals surface area contributed by atoms with Gasteiger partial charge in [-0.1, -0.05) is 20.8 Å². The van der Waals surface area contributed by atoms with Gasteiger partial charge < -0.3 is 39.4 Å². The molecule has 6 aliphatic rings. The highest BCUT2D eigenvalue weighted by Gasteiger charge is 3.05. The lowest BCUT2D eigenvalue weighted by atomic mass is 9.51. The van der Waals surface area contributed by atoms with Gasteiger partial charge in [-0.15, -0.1) is 0 Å². The minimum absolute atomic E-state index is 0.792. The summed E-state index contributed by atoms with van der Waals surface area (Å²) in [5.74, 6) is -5.22. The molecule has 0 aromatic heterocycles. The van der Waals surface area contributed by atoms with Gasteiger partial charge in [0.25, 0.3) is 0 Å². The molecule has 0 aromatic rings. The zero-order valence-corrected chi connectivity index (χ0v) is 17.3. The summed E-state index contributed by atoms with van der Waals surface area (Å²) in [5, 5.41) is 46.1. The van der Waals surface area contributed by atoms with Crippen LogP contribution in [-0.4, -0.2) is 86.3 Å². The van der Waals surface area contributed by atoms with Crippen molar-refractivity contribution in [1.82, 2.24) is 0 Å². The highest BCUT2D eigenvalue weighted by atomic mass is 16.8. The molecule has 6 rings (SSSR count). The average molecular weight is 440 g/mol. The van der Waals surface area contributed by atoms with E-state index >= 15 is 0 Å². The van der Waals surface area contributed by atoms with Gasteiger partial charge in [0.2, 0.25) is 11.9 Å². The van der Waals surface area contributed by atoms with E-state index in [2.05, 4.69) is 0 Å². The fraction of sp³-hybridized carbons (Fsp3) is 0.850. The maximum atomic E-state index is 13.4. The molecule has 31 heavy (non-hydrogen) atoms. The summed E-state index contributed by atoms with van der Waals surface area (Å²) >= 11 is 0. The molecule has 0 amide bonds. The second kappa shape index (κ2) is 4.91. The third-order valence-electron chi connectivity index (χ3n) is 8.95. The van der Waals surface area contributed by atoms with Crippen LogP contribution in [0.4, 0.5) is 0 Å². The first-order valence-electron chi connectivity index (χ1n) is 10.3. The van der Waals surface area contributed by atoms with Crippen LogP contribution in [0.25, 0.3) is 0 Å². The van der Waals surface area contributed by atoms with Crippen LogP contribution in [0.1, 0.15) is 27.7 Å². The molecule has 0 unspecified atom stereocenters. The Hall–Kier alpha value is -1.79. The van der Waals surface area contributed by atoms with E-state index in [4.69, 9.17) is 18.9 Å². The minimum Gasteiger partial charge on any atom is -0.456 e. The van der Waals surface area contributed by atoms with E-state index in [1.54, 1.807) is 20.8 Å². The summed E-state index contributed by atoms with van der Waals surface area (Å²) in [6.45, 7) is 6.63. The Kier molecular flexibility index (Phi) is 3.15. The molecule has 6 fully saturated rings. The summed E-state index contributed by atoms with van der Waals surface area (Å²) < 4.78 is 22.2. The molecule has 0 radical (unpaired) electrons. The van der Waals surface area contributed by atoms with E-state index in [1.807, 2.05) is 0 Å². The van der Waals surface area contributed by atoms with Gasteiger partial charge in [0.05, 0.1) is 22.9 Å². The molecule has 2 saturated carbocycles. The summed E-state index contributed by atoms with van der Waals surface area (Å²) in [6, 6.07) is 0. The van der Waals surface area contributed by atoms with Crippen LogP contribution in [0.5, 0.6) is 0 Å². The van der Waals surface area contributed by atoms with Crippen molar-refractivity contribution in [2.75, 3.05) is 0 Å². The van der Waals surface area contributed by atoms with Crippen molar-refractivity contribution in [3.05, 3.63) is 0 Å². The number of carbonyl (C=O) groups is 3. The third kappa shape index (κ3) is 1.43. The van der Waals surface area contributed by atoms with Crippen molar-refractivity contribution in [2.45, 2.75) is 75.7 Å². The number of aliphatic hydroxyl groups excluding tert-OH is 3. The van der Waals surface area contributed by atoms with Crippen molar-refractivity contribution in [2.24, 2.45) is 28.1 Å². The van der Waals surface area contributed by atoms with Crippen LogP contribution in [0.15, 0.2) is 0 Å². The zero-order chi connectivity index (χ0) is 22.7. The first-order chi connectivity index (χ1) is 14.3. The molecule has 11 nitrogen and oxygen atoms in total. The predicted molar refractivity (Wildman–Crippen MR) is 93.4 cm³/mol. The lowest BCUT2D eigenvalue weighted by Crippen LogP contribution is -2.67. The van der Waals surface area contributed by atoms with Crippen LogP contribution in [0.2, 0.25) is 0 Å². The highest BCUT2D eigenvalue weighted by molar-refractivity contribution is 5.94. The van der Waals surface area contributed by atoms with E-state index in [0.717, 1.165) is 0 Å². The SMILES string of the molecule is C[C@@H]1C(=O)O[C@H]2[C@H](O)[C@]34[C@@H]5OC(=O)[C@@]3(O[C@@H]3OC(=O)[C@H](O)[C@@]34[C@H](C(C)(C)C)[C@H]5O)[C@@]12O. The molecule has 2 spiro atoms. The quantitative estimate of drug-likeness (QED) is 0.234. The first kappa shape index (κ1) is 19.9. The minimum atomic E-state index is -2.40. The van der Waals surface area contributed by atoms with Crippen molar-refractivity contribution in [1.29, 1.82) is 0 Å². The fourth-order valence-corrected chi connectivity index (χ4v) is 8.27. The third-order valence-corrected chi connectivity index (χ3v) is 8.95. The normalized spacial score (nSPS) is 61.0. The summed E-state index contributed by atoms with van der Waals surface area (Å²) in [5.41, 5.74) is -9.40. The number of fused-ring (bicyclic) bond motifs is 1. The van der Waals surface area contributed by atoms with Crippen molar-refractivity contribution < 1.29 is 53.8 Å². The van der Waals surface area contributed by atoms with E-state index in [-0.39, 0.29) is 0 Å². The molecule has 4 saturated heterocycles. The van der Waals surface area contributed by atoms with Crippen molar-refractivity contribution >= 4 is 17.9 Å². The highest BCUT2D eigenvalue weighted by Crippen LogP contribution is 2.84. The first-order valence-corrected chi connectivity index (χ1v) is 10.3. The molecule has 4 heterocycles. The number of hydrogen-bond donors (Lipinski definition) is 4. The predicted octanol–water partition coefficient (Wildman–Crippen LogP) is -2.40. The number of aliphatic hydroxyl groups is 4. The van der Waals surface area contributed by atoms with Crippen LogP contribution >= 0.6 is 0 Å². The Morgan fingerprint density at radius 3 is 2.19 bits per heavy atom.